The van der Waals surface area contributed by atoms with Crippen molar-refractivity contribution in [2.24, 2.45) is 5.92 Å². The molecule has 0 bridgehead atoms. The van der Waals surface area contributed by atoms with Crippen LogP contribution in [-0.4, -0.2) is 36.6 Å². The van der Waals surface area contributed by atoms with E-state index < -0.39 is 0 Å². The number of likely N-dealkylation sites (tertiary alicyclic amines) is 1. The number of rotatable bonds is 4. The molecule has 0 aromatic rings. The summed E-state index contributed by atoms with van der Waals surface area (Å²) in [5.41, 5.74) is 0. The normalized spacial score (nSPS) is 32.3. The second-order valence-electron chi connectivity index (χ2n) is 6.26. The summed E-state index contributed by atoms with van der Waals surface area (Å²) in [5.74, 6) is 1.00. The minimum absolute atomic E-state index is 0.760. The topological polar surface area (TPSA) is 15.3 Å². The van der Waals surface area contributed by atoms with Crippen molar-refractivity contribution >= 4 is 0 Å². The maximum atomic E-state index is 3.76. The van der Waals surface area contributed by atoms with Crippen molar-refractivity contribution in [3.8, 4) is 0 Å². The van der Waals surface area contributed by atoms with Crippen LogP contribution < -0.4 is 5.32 Å². The lowest BCUT2D eigenvalue weighted by Crippen LogP contribution is -2.52. The molecular formula is C16H32N2. The Morgan fingerprint density at radius 2 is 1.67 bits per heavy atom. The predicted molar refractivity (Wildman–Crippen MR) is 78.9 cm³/mol. The highest BCUT2D eigenvalue weighted by molar-refractivity contribution is 4.88. The van der Waals surface area contributed by atoms with Gasteiger partial charge in [-0.15, -0.1) is 0 Å². The molecule has 106 valence electrons. The van der Waals surface area contributed by atoms with Gasteiger partial charge in [0, 0.05) is 12.1 Å². The average Bonchev–Trinajstić information content (AvgIpc) is 2.65. The van der Waals surface area contributed by atoms with Crippen LogP contribution >= 0.6 is 0 Å². The van der Waals surface area contributed by atoms with E-state index in [-0.39, 0.29) is 0 Å². The van der Waals surface area contributed by atoms with E-state index >= 15 is 0 Å². The van der Waals surface area contributed by atoms with Crippen molar-refractivity contribution in [2.45, 2.75) is 77.3 Å². The van der Waals surface area contributed by atoms with E-state index in [9.17, 15) is 0 Å². The van der Waals surface area contributed by atoms with Crippen molar-refractivity contribution in [3.63, 3.8) is 0 Å². The van der Waals surface area contributed by atoms with Gasteiger partial charge in [0.1, 0.15) is 0 Å². The lowest BCUT2D eigenvalue weighted by molar-refractivity contribution is 0.100. The zero-order chi connectivity index (χ0) is 12.8. The average molecular weight is 252 g/mol. The first-order valence-electron chi connectivity index (χ1n) is 8.32. The molecule has 1 saturated carbocycles. The molecule has 2 nitrogen and oxygen atoms in total. The molecule has 0 spiro atoms. The molecule has 0 radical (unpaired) electrons. The standard InChI is InChI=1S/C16H32N2/c1-3-14-10-12-18(13-11-14)16-9-7-5-6-8-15(16)17-4-2/h14-17H,3-13H2,1-2H3. The molecule has 2 fully saturated rings. The highest BCUT2D eigenvalue weighted by atomic mass is 15.2. The van der Waals surface area contributed by atoms with Gasteiger partial charge in [0.2, 0.25) is 0 Å². The minimum atomic E-state index is 0.760. The monoisotopic (exact) mass is 252 g/mol. The van der Waals surface area contributed by atoms with Crippen LogP contribution in [0.25, 0.3) is 0 Å². The molecule has 1 saturated heterocycles. The molecule has 0 aromatic heterocycles. The van der Waals surface area contributed by atoms with Crippen LogP contribution in [0.3, 0.4) is 0 Å². The van der Waals surface area contributed by atoms with E-state index in [1.165, 1.54) is 64.5 Å². The Balaban J connectivity index is 1.91. The molecule has 2 atom stereocenters. The lowest BCUT2D eigenvalue weighted by atomic mass is 9.91. The fraction of sp³-hybridized carbons (Fsp3) is 1.00. The minimum Gasteiger partial charge on any atom is -0.313 e. The maximum Gasteiger partial charge on any atom is 0.0249 e. The zero-order valence-electron chi connectivity index (χ0n) is 12.5. The van der Waals surface area contributed by atoms with Crippen molar-refractivity contribution in [3.05, 3.63) is 0 Å². The summed E-state index contributed by atoms with van der Waals surface area (Å²) >= 11 is 0. The van der Waals surface area contributed by atoms with E-state index in [4.69, 9.17) is 0 Å². The third kappa shape index (κ3) is 3.71. The van der Waals surface area contributed by atoms with Crippen LogP contribution in [-0.2, 0) is 0 Å². The third-order valence-corrected chi connectivity index (χ3v) is 5.14. The second-order valence-corrected chi connectivity index (χ2v) is 6.26. The first-order chi connectivity index (χ1) is 8.85. The molecule has 18 heavy (non-hydrogen) atoms. The number of nitrogens with one attached hydrogen (secondary N) is 1. The molecule has 2 aliphatic rings. The first kappa shape index (κ1) is 14.3. The van der Waals surface area contributed by atoms with Crippen LogP contribution in [0.15, 0.2) is 0 Å². The summed E-state index contributed by atoms with van der Waals surface area (Å²) in [6.45, 7) is 8.45. The van der Waals surface area contributed by atoms with E-state index in [1.54, 1.807) is 0 Å². The summed E-state index contributed by atoms with van der Waals surface area (Å²) in [5, 5.41) is 3.76. The van der Waals surface area contributed by atoms with Gasteiger partial charge in [0.25, 0.3) is 0 Å². The van der Waals surface area contributed by atoms with Crippen LogP contribution in [0, 0.1) is 5.92 Å². The quantitative estimate of drug-likeness (QED) is 0.771. The number of piperidine rings is 1. The van der Waals surface area contributed by atoms with Gasteiger partial charge in [0.15, 0.2) is 0 Å². The van der Waals surface area contributed by atoms with Gasteiger partial charge in [-0.3, -0.25) is 4.90 Å². The Hall–Kier alpha value is -0.0800. The first-order valence-corrected chi connectivity index (χ1v) is 8.32. The van der Waals surface area contributed by atoms with Crippen LogP contribution in [0.2, 0.25) is 0 Å². The Morgan fingerprint density at radius 1 is 0.944 bits per heavy atom. The van der Waals surface area contributed by atoms with Gasteiger partial charge in [-0.05, 0) is 51.2 Å². The molecule has 2 heteroatoms. The zero-order valence-corrected chi connectivity index (χ0v) is 12.5. The number of hydrogen-bond donors (Lipinski definition) is 1. The summed E-state index contributed by atoms with van der Waals surface area (Å²) < 4.78 is 0. The molecule has 2 unspecified atom stereocenters. The molecule has 1 N–H and O–H groups in total. The Labute approximate surface area is 114 Å². The van der Waals surface area contributed by atoms with Gasteiger partial charge in [-0.1, -0.05) is 39.5 Å². The second kappa shape index (κ2) is 7.49. The highest BCUT2D eigenvalue weighted by Crippen LogP contribution is 2.27. The summed E-state index contributed by atoms with van der Waals surface area (Å²) in [6.07, 6.45) is 11.4. The molecule has 0 amide bonds. The molecular weight excluding hydrogens is 220 g/mol. The number of nitrogens with zero attached hydrogens (tertiary/aromatic N) is 1. The summed E-state index contributed by atoms with van der Waals surface area (Å²) in [4.78, 5) is 2.81. The fourth-order valence-electron chi connectivity index (χ4n) is 3.92. The summed E-state index contributed by atoms with van der Waals surface area (Å²) in [6, 6.07) is 1.58. The summed E-state index contributed by atoms with van der Waals surface area (Å²) in [7, 11) is 0. The van der Waals surface area contributed by atoms with Crippen LogP contribution in [0.1, 0.15) is 65.2 Å². The smallest absolute Gasteiger partial charge is 0.0249 e. The van der Waals surface area contributed by atoms with E-state index in [0.717, 1.165) is 24.5 Å². The number of likely N-dealkylation sites (N-methyl/N-ethyl adjacent to an activating group) is 1. The van der Waals surface area contributed by atoms with E-state index in [1.807, 2.05) is 0 Å². The van der Waals surface area contributed by atoms with Crippen LogP contribution in [0.4, 0.5) is 0 Å². The van der Waals surface area contributed by atoms with Gasteiger partial charge >= 0.3 is 0 Å². The van der Waals surface area contributed by atoms with Crippen LogP contribution in [0.5, 0.6) is 0 Å². The number of hydrogen-bond acceptors (Lipinski definition) is 2. The Bertz CT molecular complexity index is 221. The molecule has 2 rings (SSSR count). The van der Waals surface area contributed by atoms with Gasteiger partial charge < -0.3 is 5.32 Å². The van der Waals surface area contributed by atoms with Gasteiger partial charge in [-0.2, -0.15) is 0 Å². The van der Waals surface area contributed by atoms with Gasteiger partial charge in [0.05, 0.1) is 0 Å². The lowest BCUT2D eigenvalue weighted by Gasteiger charge is -2.41. The molecule has 1 aliphatic carbocycles. The van der Waals surface area contributed by atoms with Gasteiger partial charge in [-0.25, -0.2) is 0 Å². The third-order valence-electron chi connectivity index (χ3n) is 5.14. The van der Waals surface area contributed by atoms with Crippen molar-refractivity contribution in [1.82, 2.24) is 10.2 Å². The van der Waals surface area contributed by atoms with Crippen molar-refractivity contribution < 1.29 is 0 Å². The Morgan fingerprint density at radius 3 is 2.33 bits per heavy atom. The molecule has 1 aliphatic heterocycles. The van der Waals surface area contributed by atoms with E-state index in [2.05, 4.69) is 24.1 Å². The van der Waals surface area contributed by atoms with E-state index in [0.29, 0.717) is 0 Å². The predicted octanol–water partition coefficient (Wildman–Crippen LogP) is 3.42. The maximum absolute atomic E-state index is 3.76. The fourth-order valence-corrected chi connectivity index (χ4v) is 3.92. The molecule has 1 heterocycles. The molecule has 0 aromatic carbocycles. The SMILES string of the molecule is CCNC1CCCCCC1N1CCC(CC)CC1. The van der Waals surface area contributed by atoms with Crippen molar-refractivity contribution in [2.75, 3.05) is 19.6 Å². The largest absolute Gasteiger partial charge is 0.313 e. The Kier molecular flexibility index (Phi) is 5.97. The highest BCUT2D eigenvalue weighted by Gasteiger charge is 2.30. The van der Waals surface area contributed by atoms with Crippen molar-refractivity contribution in [1.29, 1.82) is 0 Å².